The second-order valence-corrected chi connectivity index (χ2v) is 9.13. The van der Waals surface area contributed by atoms with Crippen LogP contribution in [0.3, 0.4) is 0 Å². The largest absolute Gasteiger partial charge is 0.477 e. The first-order chi connectivity index (χ1) is 15.5. The second kappa shape index (κ2) is 8.54. The Labute approximate surface area is 188 Å². The molecule has 0 atom stereocenters. The van der Waals surface area contributed by atoms with E-state index in [4.69, 9.17) is 9.84 Å². The molecule has 7 nitrogen and oxygen atoms in total. The highest BCUT2D eigenvalue weighted by Gasteiger charge is 2.27. The summed E-state index contributed by atoms with van der Waals surface area (Å²) >= 11 is 0. The van der Waals surface area contributed by atoms with E-state index in [1.165, 1.54) is 12.8 Å². The third-order valence-corrected chi connectivity index (χ3v) is 6.68. The van der Waals surface area contributed by atoms with E-state index in [1.807, 2.05) is 4.68 Å². The Hall–Kier alpha value is -2.93. The van der Waals surface area contributed by atoms with Crippen LogP contribution in [0.5, 0.6) is 0 Å². The molecule has 1 saturated carbocycles. The molecule has 0 radical (unpaired) electrons. The van der Waals surface area contributed by atoms with E-state index >= 15 is 0 Å². The second-order valence-electron chi connectivity index (χ2n) is 9.13. The average Bonchev–Trinajstić information content (AvgIpc) is 3.47. The summed E-state index contributed by atoms with van der Waals surface area (Å²) in [6.07, 6.45) is 4.49. The van der Waals surface area contributed by atoms with Crippen molar-refractivity contribution in [3.05, 3.63) is 41.7 Å². The van der Waals surface area contributed by atoms with Gasteiger partial charge in [0.1, 0.15) is 0 Å². The van der Waals surface area contributed by atoms with Crippen LogP contribution in [-0.2, 0) is 4.74 Å². The van der Waals surface area contributed by atoms with Crippen LogP contribution < -0.4 is 4.90 Å². The lowest BCUT2D eigenvalue weighted by Gasteiger charge is -2.29. The molecule has 1 aromatic carbocycles. The number of aromatic carboxylic acids is 1. The number of rotatable bonds is 5. The van der Waals surface area contributed by atoms with Crippen molar-refractivity contribution in [2.75, 3.05) is 31.2 Å². The fraction of sp³-hybridized carbons (Fsp3) is 0.480. The van der Waals surface area contributed by atoms with Crippen LogP contribution in [0.15, 0.2) is 30.3 Å². The normalized spacial score (nSPS) is 17.5. The molecule has 2 aromatic heterocycles. The van der Waals surface area contributed by atoms with E-state index in [0.717, 1.165) is 67.0 Å². The first-order valence-corrected chi connectivity index (χ1v) is 11.6. The summed E-state index contributed by atoms with van der Waals surface area (Å²) < 4.78 is 7.47. The molecule has 1 aliphatic carbocycles. The number of pyridine rings is 1. The molecule has 0 amide bonds. The van der Waals surface area contributed by atoms with Gasteiger partial charge in [0.15, 0.2) is 11.3 Å². The monoisotopic (exact) mass is 434 g/mol. The Bertz CT molecular complexity index is 1120. The zero-order chi connectivity index (χ0) is 22.2. The quantitative estimate of drug-likeness (QED) is 0.617. The first-order valence-electron chi connectivity index (χ1n) is 11.6. The number of carboxylic acids is 1. The van der Waals surface area contributed by atoms with Gasteiger partial charge in [0, 0.05) is 18.8 Å². The summed E-state index contributed by atoms with van der Waals surface area (Å²) in [7, 11) is 0. The van der Waals surface area contributed by atoms with Crippen LogP contribution in [0.2, 0.25) is 0 Å². The van der Waals surface area contributed by atoms with Crippen molar-refractivity contribution >= 4 is 22.7 Å². The molecule has 5 rings (SSSR count). The van der Waals surface area contributed by atoms with Crippen molar-refractivity contribution in [2.45, 2.75) is 51.5 Å². The lowest BCUT2D eigenvalue weighted by Crippen LogP contribution is -2.36. The Morgan fingerprint density at radius 1 is 1.12 bits per heavy atom. The number of ether oxygens (including phenoxy) is 1. The van der Waals surface area contributed by atoms with Gasteiger partial charge >= 0.3 is 5.97 Å². The predicted molar refractivity (Wildman–Crippen MR) is 125 cm³/mol. The van der Waals surface area contributed by atoms with Crippen molar-refractivity contribution in [1.29, 1.82) is 0 Å². The number of morpholine rings is 1. The van der Waals surface area contributed by atoms with Crippen LogP contribution in [0.25, 0.3) is 22.2 Å². The van der Waals surface area contributed by atoms with Crippen LogP contribution >= 0.6 is 0 Å². The molecule has 2 aliphatic rings. The Morgan fingerprint density at radius 2 is 1.81 bits per heavy atom. The molecule has 7 heteroatoms. The summed E-state index contributed by atoms with van der Waals surface area (Å²) in [6.45, 7) is 7.52. The van der Waals surface area contributed by atoms with E-state index < -0.39 is 5.97 Å². The standard InChI is InChI=1S/C25H30N4O3/c1-16(2)23-22-20(17-7-9-18(10-8-17)28-11-13-32-14-12-28)15-21(25(30)31)26-24(22)29(27-23)19-5-3-4-6-19/h7-10,15-16,19H,3-6,11-14H2,1-2H3,(H,30,31). The van der Waals surface area contributed by atoms with E-state index in [9.17, 15) is 9.90 Å². The third-order valence-electron chi connectivity index (χ3n) is 6.68. The minimum absolute atomic E-state index is 0.0687. The van der Waals surface area contributed by atoms with Crippen molar-refractivity contribution in [2.24, 2.45) is 0 Å². The predicted octanol–water partition coefficient (Wildman–Crippen LogP) is 4.87. The number of anilines is 1. The van der Waals surface area contributed by atoms with Crippen LogP contribution in [0.1, 0.15) is 67.7 Å². The zero-order valence-electron chi connectivity index (χ0n) is 18.8. The molecule has 0 unspecified atom stereocenters. The fourth-order valence-electron chi connectivity index (χ4n) is 4.98. The van der Waals surface area contributed by atoms with Gasteiger partial charge in [0.2, 0.25) is 0 Å². The van der Waals surface area contributed by atoms with Crippen LogP contribution in [0.4, 0.5) is 5.69 Å². The van der Waals surface area contributed by atoms with Crippen molar-refractivity contribution in [1.82, 2.24) is 14.8 Å². The zero-order valence-corrected chi connectivity index (χ0v) is 18.8. The Balaban J connectivity index is 1.66. The summed E-state index contributed by atoms with van der Waals surface area (Å²) in [4.78, 5) is 18.8. The highest BCUT2D eigenvalue weighted by molar-refractivity contribution is 6.00. The van der Waals surface area contributed by atoms with Crippen molar-refractivity contribution in [3.63, 3.8) is 0 Å². The molecule has 0 spiro atoms. The van der Waals surface area contributed by atoms with E-state index in [2.05, 4.69) is 48.0 Å². The lowest BCUT2D eigenvalue weighted by atomic mass is 9.97. The number of benzene rings is 1. The molecule has 32 heavy (non-hydrogen) atoms. The minimum atomic E-state index is -1.01. The molecule has 1 aliphatic heterocycles. The van der Waals surface area contributed by atoms with Gasteiger partial charge in [-0.1, -0.05) is 38.8 Å². The number of hydrogen-bond donors (Lipinski definition) is 1. The number of carboxylic acid groups (broad SMARTS) is 1. The van der Waals surface area contributed by atoms with Crippen LogP contribution in [-0.4, -0.2) is 52.1 Å². The molecule has 168 valence electrons. The fourth-order valence-corrected chi connectivity index (χ4v) is 4.98. The number of aromatic nitrogens is 3. The molecule has 2 fully saturated rings. The summed E-state index contributed by atoms with van der Waals surface area (Å²) in [5.74, 6) is -0.799. The Morgan fingerprint density at radius 3 is 2.44 bits per heavy atom. The van der Waals surface area contributed by atoms with E-state index in [1.54, 1.807) is 6.07 Å². The molecule has 0 bridgehead atoms. The van der Waals surface area contributed by atoms with Crippen molar-refractivity contribution in [3.8, 4) is 11.1 Å². The smallest absolute Gasteiger partial charge is 0.354 e. The average molecular weight is 435 g/mol. The number of fused-ring (bicyclic) bond motifs is 1. The topological polar surface area (TPSA) is 80.5 Å². The lowest BCUT2D eigenvalue weighted by molar-refractivity contribution is 0.0691. The van der Waals surface area contributed by atoms with Crippen molar-refractivity contribution < 1.29 is 14.6 Å². The van der Waals surface area contributed by atoms with Crippen LogP contribution in [0, 0.1) is 0 Å². The third kappa shape index (κ3) is 3.75. The highest BCUT2D eigenvalue weighted by Crippen LogP contribution is 2.39. The molecule has 1 saturated heterocycles. The van der Waals surface area contributed by atoms with Gasteiger partial charge in [0.05, 0.1) is 30.3 Å². The van der Waals surface area contributed by atoms with Gasteiger partial charge in [-0.2, -0.15) is 5.10 Å². The van der Waals surface area contributed by atoms with Gasteiger partial charge in [-0.25, -0.2) is 14.5 Å². The Kier molecular flexibility index (Phi) is 5.59. The summed E-state index contributed by atoms with van der Waals surface area (Å²) in [6, 6.07) is 10.4. The van der Waals surface area contributed by atoms with E-state index in [0.29, 0.717) is 5.65 Å². The molecule has 1 N–H and O–H groups in total. The highest BCUT2D eigenvalue weighted by atomic mass is 16.5. The summed E-state index contributed by atoms with van der Waals surface area (Å²) in [5.41, 5.74) is 4.81. The SMILES string of the molecule is CC(C)c1nn(C2CCCC2)c2nc(C(=O)O)cc(-c3ccc(N4CCOCC4)cc3)c12. The maximum Gasteiger partial charge on any atom is 0.354 e. The maximum absolute atomic E-state index is 12.0. The number of hydrogen-bond acceptors (Lipinski definition) is 5. The molecule has 3 aromatic rings. The molecular formula is C25H30N4O3. The number of carbonyl (C=O) groups is 1. The van der Waals surface area contributed by atoms with E-state index in [-0.39, 0.29) is 17.7 Å². The summed E-state index contributed by atoms with van der Waals surface area (Å²) in [5, 5.41) is 15.8. The number of nitrogens with zero attached hydrogens (tertiary/aromatic N) is 4. The molecule has 3 heterocycles. The molecular weight excluding hydrogens is 404 g/mol. The van der Waals surface area contributed by atoms with Gasteiger partial charge in [-0.15, -0.1) is 0 Å². The minimum Gasteiger partial charge on any atom is -0.477 e. The van der Waals surface area contributed by atoms with Gasteiger partial charge in [0.25, 0.3) is 0 Å². The van der Waals surface area contributed by atoms with Gasteiger partial charge in [-0.3, -0.25) is 0 Å². The van der Waals surface area contributed by atoms with Gasteiger partial charge < -0.3 is 14.7 Å². The first kappa shape index (κ1) is 20.9. The van der Waals surface area contributed by atoms with Gasteiger partial charge in [-0.05, 0) is 48.1 Å². The maximum atomic E-state index is 12.0.